The second kappa shape index (κ2) is 10.1. The van der Waals surface area contributed by atoms with Gasteiger partial charge in [-0.1, -0.05) is 30.3 Å². The summed E-state index contributed by atoms with van der Waals surface area (Å²) in [6, 6.07) is 13.5. The monoisotopic (exact) mass is 452 g/mol. The number of rotatable bonds is 7. The molecule has 33 heavy (non-hydrogen) atoms. The average Bonchev–Trinajstić information content (AvgIpc) is 3.12. The van der Waals surface area contributed by atoms with Crippen LogP contribution >= 0.6 is 0 Å². The van der Waals surface area contributed by atoms with Crippen LogP contribution in [0.2, 0.25) is 0 Å². The van der Waals surface area contributed by atoms with Gasteiger partial charge in [0.25, 0.3) is 11.7 Å². The predicted molar refractivity (Wildman–Crippen MR) is 122 cm³/mol. The quantitative estimate of drug-likeness (QED) is 0.392. The molecule has 2 saturated heterocycles. The molecule has 8 heteroatoms. The maximum absolute atomic E-state index is 13.1. The van der Waals surface area contributed by atoms with Crippen LogP contribution in [-0.4, -0.2) is 80.2 Å². The molecule has 8 nitrogen and oxygen atoms in total. The molecule has 0 spiro atoms. The van der Waals surface area contributed by atoms with Crippen molar-refractivity contribution in [3.63, 3.8) is 0 Å². The van der Waals surface area contributed by atoms with Crippen molar-refractivity contribution < 1.29 is 28.9 Å². The first-order chi connectivity index (χ1) is 16.0. The fourth-order valence-corrected chi connectivity index (χ4v) is 4.31. The summed E-state index contributed by atoms with van der Waals surface area (Å²) in [6.45, 7) is 3.86. The Balaban J connectivity index is 1.73. The molecule has 0 saturated carbocycles. The van der Waals surface area contributed by atoms with Crippen LogP contribution < -0.4 is 9.47 Å². The second-order valence-electron chi connectivity index (χ2n) is 7.93. The van der Waals surface area contributed by atoms with E-state index in [-0.39, 0.29) is 11.3 Å². The number of carbonyl (C=O) groups excluding carboxylic acids is 2. The molecule has 2 aliphatic rings. The van der Waals surface area contributed by atoms with Gasteiger partial charge in [-0.2, -0.15) is 0 Å². The molecule has 2 aromatic carbocycles. The van der Waals surface area contributed by atoms with Gasteiger partial charge in [0, 0.05) is 31.7 Å². The Bertz CT molecular complexity index is 1050. The fraction of sp³-hybridized carbons (Fsp3) is 0.360. The summed E-state index contributed by atoms with van der Waals surface area (Å²) in [7, 11) is 3.02. The Labute approximate surface area is 193 Å². The molecule has 0 aromatic heterocycles. The van der Waals surface area contributed by atoms with E-state index in [9.17, 15) is 14.7 Å². The van der Waals surface area contributed by atoms with Crippen molar-refractivity contribution in [2.45, 2.75) is 6.04 Å². The number of benzene rings is 2. The third-order valence-electron chi connectivity index (χ3n) is 6.07. The van der Waals surface area contributed by atoms with Gasteiger partial charge in [-0.15, -0.1) is 0 Å². The molecule has 1 N–H and O–H groups in total. The fourth-order valence-electron chi connectivity index (χ4n) is 4.31. The van der Waals surface area contributed by atoms with E-state index in [2.05, 4.69) is 4.90 Å². The van der Waals surface area contributed by atoms with E-state index in [0.29, 0.717) is 43.4 Å². The first-order valence-corrected chi connectivity index (χ1v) is 10.9. The van der Waals surface area contributed by atoms with E-state index in [1.165, 1.54) is 14.2 Å². The molecular formula is C25H28N2O6. The summed E-state index contributed by atoms with van der Waals surface area (Å²) >= 11 is 0. The SMILES string of the molecule is COc1ccc(/C(O)=C2/C(=O)C(=O)N(CCN3CCOCC3)C2c2ccccc2)cc1OC. The van der Waals surface area contributed by atoms with Gasteiger partial charge < -0.3 is 24.2 Å². The highest BCUT2D eigenvalue weighted by atomic mass is 16.5. The van der Waals surface area contributed by atoms with Gasteiger partial charge in [0.2, 0.25) is 0 Å². The summed E-state index contributed by atoms with van der Waals surface area (Å²) in [4.78, 5) is 30.0. The highest BCUT2D eigenvalue weighted by Gasteiger charge is 2.46. The van der Waals surface area contributed by atoms with Crippen molar-refractivity contribution >= 4 is 17.4 Å². The highest BCUT2D eigenvalue weighted by molar-refractivity contribution is 6.46. The third-order valence-corrected chi connectivity index (χ3v) is 6.07. The highest BCUT2D eigenvalue weighted by Crippen LogP contribution is 2.40. The number of aliphatic hydroxyl groups is 1. The minimum Gasteiger partial charge on any atom is -0.507 e. The maximum atomic E-state index is 13.1. The molecule has 2 fully saturated rings. The number of likely N-dealkylation sites (tertiary alicyclic amines) is 1. The van der Waals surface area contributed by atoms with Crippen molar-refractivity contribution in [2.75, 3.05) is 53.6 Å². The van der Waals surface area contributed by atoms with Crippen LogP contribution in [0.1, 0.15) is 17.2 Å². The number of carbonyl (C=O) groups is 2. The van der Waals surface area contributed by atoms with Crippen LogP contribution in [0, 0.1) is 0 Å². The molecule has 1 atom stereocenters. The van der Waals surface area contributed by atoms with E-state index in [4.69, 9.17) is 14.2 Å². The van der Waals surface area contributed by atoms with Crippen LogP contribution in [0.5, 0.6) is 11.5 Å². The Hall–Kier alpha value is -3.36. The predicted octanol–water partition coefficient (Wildman–Crippen LogP) is 2.46. The third kappa shape index (κ3) is 4.58. The van der Waals surface area contributed by atoms with Crippen molar-refractivity contribution in [1.29, 1.82) is 0 Å². The zero-order valence-electron chi connectivity index (χ0n) is 18.8. The number of Topliss-reactive ketones (excluding diaryl/α,β-unsaturated/α-hetero) is 1. The number of ketones is 1. The van der Waals surface area contributed by atoms with Crippen molar-refractivity contribution in [3.8, 4) is 11.5 Å². The lowest BCUT2D eigenvalue weighted by atomic mass is 9.95. The maximum Gasteiger partial charge on any atom is 0.295 e. The van der Waals surface area contributed by atoms with Crippen molar-refractivity contribution in [1.82, 2.24) is 9.80 Å². The molecule has 0 bridgehead atoms. The number of nitrogens with zero attached hydrogens (tertiary/aromatic N) is 2. The lowest BCUT2D eigenvalue weighted by molar-refractivity contribution is -0.140. The first kappa shape index (κ1) is 22.8. The number of ether oxygens (including phenoxy) is 3. The number of aliphatic hydroxyl groups excluding tert-OH is 1. The first-order valence-electron chi connectivity index (χ1n) is 10.9. The zero-order chi connectivity index (χ0) is 23.4. The smallest absolute Gasteiger partial charge is 0.295 e. The minimum atomic E-state index is -0.696. The zero-order valence-corrected chi connectivity index (χ0v) is 18.8. The Morgan fingerprint density at radius 1 is 1.00 bits per heavy atom. The Kier molecular flexibility index (Phi) is 6.96. The molecule has 1 unspecified atom stereocenters. The van der Waals surface area contributed by atoms with E-state index in [0.717, 1.165) is 18.7 Å². The van der Waals surface area contributed by atoms with Crippen LogP contribution in [0.3, 0.4) is 0 Å². The number of morpholine rings is 1. The molecular weight excluding hydrogens is 424 g/mol. The lowest BCUT2D eigenvalue weighted by Crippen LogP contribution is -2.42. The standard InChI is InChI=1S/C25H28N2O6/c1-31-19-9-8-18(16-20(19)32-2)23(28)21-22(17-6-4-3-5-7-17)27(25(30)24(21)29)11-10-26-12-14-33-15-13-26/h3-9,16,22,28H,10-15H2,1-2H3/b23-21-. The van der Waals surface area contributed by atoms with Gasteiger partial charge in [-0.05, 0) is 23.8 Å². The molecule has 0 radical (unpaired) electrons. The van der Waals surface area contributed by atoms with Crippen molar-refractivity contribution in [2.24, 2.45) is 0 Å². The average molecular weight is 453 g/mol. The second-order valence-corrected chi connectivity index (χ2v) is 7.93. The minimum absolute atomic E-state index is 0.0698. The van der Waals surface area contributed by atoms with E-state index < -0.39 is 17.7 Å². The largest absolute Gasteiger partial charge is 0.507 e. The molecule has 2 aliphatic heterocycles. The topological polar surface area (TPSA) is 88.5 Å². The summed E-state index contributed by atoms with van der Waals surface area (Å²) in [5, 5.41) is 11.2. The number of hydrogen-bond donors (Lipinski definition) is 1. The summed E-state index contributed by atoms with van der Waals surface area (Å²) in [5.41, 5.74) is 1.21. The molecule has 4 rings (SSSR count). The Morgan fingerprint density at radius 2 is 1.70 bits per heavy atom. The van der Waals surface area contributed by atoms with Crippen LogP contribution in [0.15, 0.2) is 54.1 Å². The van der Waals surface area contributed by atoms with Gasteiger partial charge in [-0.25, -0.2) is 0 Å². The lowest BCUT2D eigenvalue weighted by Gasteiger charge is -2.31. The van der Waals surface area contributed by atoms with Gasteiger partial charge in [0.05, 0.1) is 39.0 Å². The number of methoxy groups -OCH3 is 2. The van der Waals surface area contributed by atoms with E-state index >= 15 is 0 Å². The van der Waals surface area contributed by atoms with Crippen molar-refractivity contribution in [3.05, 3.63) is 65.2 Å². The normalized spacial score (nSPS) is 20.8. The molecule has 2 heterocycles. The summed E-state index contributed by atoms with van der Waals surface area (Å²) in [5.74, 6) is -0.631. The number of amides is 1. The summed E-state index contributed by atoms with van der Waals surface area (Å²) in [6.07, 6.45) is 0. The van der Waals surface area contributed by atoms with Crippen LogP contribution in [0.4, 0.5) is 0 Å². The molecule has 1 amide bonds. The summed E-state index contributed by atoms with van der Waals surface area (Å²) < 4.78 is 16.0. The van der Waals surface area contributed by atoms with Gasteiger partial charge in [0.15, 0.2) is 11.5 Å². The van der Waals surface area contributed by atoms with Crippen LogP contribution in [0.25, 0.3) is 5.76 Å². The molecule has 0 aliphatic carbocycles. The van der Waals surface area contributed by atoms with E-state index in [1.807, 2.05) is 30.3 Å². The van der Waals surface area contributed by atoms with E-state index in [1.54, 1.807) is 23.1 Å². The molecule has 174 valence electrons. The molecule has 2 aromatic rings. The Morgan fingerprint density at radius 3 is 2.36 bits per heavy atom. The van der Waals surface area contributed by atoms with Gasteiger partial charge in [-0.3, -0.25) is 14.5 Å². The van der Waals surface area contributed by atoms with Crippen LogP contribution in [-0.2, 0) is 14.3 Å². The van der Waals surface area contributed by atoms with Gasteiger partial charge >= 0.3 is 0 Å². The van der Waals surface area contributed by atoms with Gasteiger partial charge in [0.1, 0.15) is 5.76 Å². The number of hydrogen-bond acceptors (Lipinski definition) is 7.